The number of nitrogens with one attached hydrogen (secondary N) is 1. The second kappa shape index (κ2) is 12.0. The quantitative estimate of drug-likeness (QED) is 0.398. The summed E-state index contributed by atoms with van der Waals surface area (Å²) in [6, 6.07) is 7.55. The smallest absolute Gasteiger partial charge is 0.240 e. The van der Waals surface area contributed by atoms with Gasteiger partial charge >= 0.3 is 0 Å². The molecule has 0 radical (unpaired) electrons. The lowest BCUT2D eigenvalue weighted by Crippen LogP contribution is -2.42. The summed E-state index contributed by atoms with van der Waals surface area (Å²) < 4.78 is 46.3. The highest BCUT2D eigenvalue weighted by Crippen LogP contribution is 2.34. The van der Waals surface area contributed by atoms with E-state index in [9.17, 15) is 8.78 Å². The van der Waals surface area contributed by atoms with E-state index in [0.717, 1.165) is 38.4 Å². The number of likely N-dealkylation sites (tertiary alicyclic amines) is 1. The Morgan fingerprint density at radius 2 is 1.98 bits per heavy atom. The van der Waals surface area contributed by atoms with E-state index in [1.54, 1.807) is 19.9 Å². The first-order valence-corrected chi connectivity index (χ1v) is 14.0. The summed E-state index contributed by atoms with van der Waals surface area (Å²) in [5.41, 5.74) is -0.841. The van der Waals surface area contributed by atoms with Gasteiger partial charge in [-0.05, 0) is 66.2 Å². The molecule has 4 heterocycles. The van der Waals surface area contributed by atoms with E-state index in [1.165, 1.54) is 12.1 Å². The van der Waals surface area contributed by atoms with Gasteiger partial charge in [0, 0.05) is 30.1 Å². The van der Waals surface area contributed by atoms with Crippen molar-refractivity contribution in [1.29, 1.82) is 5.26 Å². The number of halogens is 2. The van der Waals surface area contributed by atoms with Crippen LogP contribution in [0.2, 0.25) is 0 Å². The molecular formula is C29H35F2N7O3. The molecular weight excluding hydrogens is 532 g/mol. The van der Waals surface area contributed by atoms with E-state index in [0.29, 0.717) is 24.6 Å². The largest absolute Gasteiger partial charge is 0.474 e. The first kappa shape index (κ1) is 28.8. The molecule has 2 fully saturated rings. The normalized spacial score (nSPS) is 22.3. The zero-order chi connectivity index (χ0) is 29.1. The number of ether oxygens (including phenoxy) is 2. The van der Waals surface area contributed by atoms with Crippen molar-refractivity contribution in [3.8, 4) is 29.5 Å². The monoisotopic (exact) mass is 567 g/mol. The molecule has 3 aromatic rings. The van der Waals surface area contributed by atoms with Gasteiger partial charge in [0.25, 0.3) is 0 Å². The first-order chi connectivity index (χ1) is 19.6. The third-order valence-corrected chi connectivity index (χ3v) is 7.94. The molecule has 0 aliphatic carbocycles. The van der Waals surface area contributed by atoms with Crippen molar-refractivity contribution in [3.63, 3.8) is 0 Å². The zero-order valence-electron chi connectivity index (χ0n) is 23.7. The molecule has 4 atom stereocenters. The minimum Gasteiger partial charge on any atom is -0.474 e. The van der Waals surface area contributed by atoms with E-state index >= 15 is 0 Å². The molecule has 0 bridgehead atoms. The second-order valence-corrected chi connectivity index (χ2v) is 11.3. The Hall–Kier alpha value is -3.69. The number of hydrogen-bond donors (Lipinski definition) is 1. The Labute approximate surface area is 238 Å². The van der Waals surface area contributed by atoms with Gasteiger partial charge in [0.05, 0.1) is 24.0 Å². The maximum atomic E-state index is 14.6. The number of aromatic nitrogens is 4. The number of nitrogens with zero attached hydrogens (tertiary/aromatic N) is 6. The lowest BCUT2D eigenvalue weighted by Gasteiger charge is -2.29. The van der Waals surface area contributed by atoms with Gasteiger partial charge in [0.1, 0.15) is 23.8 Å². The lowest BCUT2D eigenvalue weighted by molar-refractivity contribution is 0.113. The summed E-state index contributed by atoms with van der Waals surface area (Å²) in [4.78, 5) is 15.9. The van der Waals surface area contributed by atoms with Gasteiger partial charge in [0.15, 0.2) is 0 Å². The van der Waals surface area contributed by atoms with Crippen LogP contribution in [0.4, 0.5) is 8.78 Å². The molecule has 5 rings (SSSR count). The molecule has 10 nitrogen and oxygen atoms in total. The minimum absolute atomic E-state index is 0.0440. The standard InChI is InChI=1S/C29H35F2N7O3/c1-17(23-6-5-13-38(23)4)39-24-16-25(40-20-10-12-33-19(15-20)9-11-32)35-26(34-24)27-36-28(41-37-27)29(2,3)21-8-7-18(30)14-22(21)31/h7-8,14,16-17,19-20,23,33H,5-6,9-10,12-13,15H2,1-4H3/t17-,19+,20-,23-/m0/s1. The molecule has 2 aromatic heterocycles. The van der Waals surface area contributed by atoms with Crippen LogP contribution in [0.15, 0.2) is 28.8 Å². The maximum absolute atomic E-state index is 14.6. The molecule has 2 saturated heterocycles. The molecule has 0 amide bonds. The number of hydrogen-bond acceptors (Lipinski definition) is 10. The Morgan fingerprint density at radius 1 is 1.17 bits per heavy atom. The molecule has 12 heteroatoms. The summed E-state index contributed by atoms with van der Waals surface area (Å²) in [6.45, 7) is 7.18. The van der Waals surface area contributed by atoms with Crippen LogP contribution in [-0.2, 0) is 5.41 Å². The van der Waals surface area contributed by atoms with Gasteiger partial charge in [-0.25, -0.2) is 8.78 Å². The van der Waals surface area contributed by atoms with Crippen molar-refractivity contribution in [1.82, 2.24) is 30.3 Å². The van der Waals surface area contributed by atoms with E-state index < -0.39 is 17.0 Å². The van der Waals surface area contributed by atoms with Gasteiger partial charge < -0.3 is 19.3 Å². The molecule has 218 valence electrons. The molecule has 0 saturated carbocycles. The number of benzene rings is 1. The Balaban J connectivity index is 1.44. The van der Waals surface area contributed by atoms with Crippen molar-refractivity contribution >= 4 is 0 Å². The summed E-state index contributed by atoms with van der Waals surface area (Å²) in [6.07, 6.45) is 3.65. The van der Waals surface area contributed by atoms with Crippen molar-refractivity contribution in [2.24, 2.45) is 0 Å². The minimum atomic E-state index is -1.05. The highest BCUT2D eigenvalue weighted by atomic mass is 19.1. The lowest BCUT2D eigenvalue weighted by atomic mass is 9.84. The van der Waals surface area contributed by atoms with Crippen LogP contribution in [-0.4, -0.2) is 69.4 Å². The number of rotatable bonds is 9. The molecule has 1 aromatic carbocycles. The number of likely N-dealkylation sites (N-methyl/N-ethyl adjacent to an activating group) is 1. The molecule has 2 aliphatic heterocycles. The molecule has 0 spiro atoms. The fourth-order valence-electron chi connectivity index (χ4n) is 5.61. The zero-order valence-corrected chi connectivity index (χ0v) is 23.7. The highest BCUT2D eigenvalue weighted by Gasteiger charge is 2.34. The van der Waals surface area contributed by atoms with Crippen molar-refractivity contribution in [2.75, 3.05) is 20.1 Å². The van der Waals surface area contributed by atoms with Crippen LogP contribution in [0.5, 0.6) is 11.8 Å². The predicted molar refractivity (Wildman–Crippen MR) is 145 cm³/mol. The SMILES string of the molecule is C[C@H](Oc1cc(O[C@H]2CCN[C@H](CC#N)C2)nc(-c2noc(C(C)(C)c3ccc(F)cc3F)n2)n1)[C@@H]1CCCN1C. The predicted octanol–water partition coefficient (Wildman–Crippen LogP) is 4.41. The fourth-order valence-corrected chi connectivity index (χ4v) is 5.61. The summed E-state index contributed by atoms with van der Waals surface area (Å²) in [7, 11) is 2.08. The van der Waals surface area contributed by atoms with Gasteiger partial charge in [0.2, 0.25) is 29.3 Å². The second-order valence-electron chi connectivity index (χ2n) is 11.3. The van der Waals surface area contributed by atoms with Gasteiger partial charge in [-0.1, -0.05) is 11.2 Å². The third kappa shape index (κ3) is 6.47. The topological polar surface area (TPSA) is 122 Å². The van der Waals surface area contributed by atoms with E-state index in [4.69, 9.17) is 19.3 Å². The van der Waals surface area contributed by atoms with Gasteiger partial charge in [-0.2, -0.15) is 20.2 Å². The maximum Gasteiger partial charge on any atom is 0.240 e. The number of nitriles is 1. The molecule has 1 N–H and O–H groups in total. The van der Waals surface area contributed by atoms with Crippen LogP contribution in [0.25, 0.3) is 11.6 Å². The summed E-state index contributed by atoms with van der Waals surface area (Å²) in [5.74, 6) is -0.419. The molecule has 0 unspecified atom stereocenters. The van der Waals surface area contributed by atoms with Gasteiger partial charge in [-0.15, -0.1) is 0 Å². The molecule has 41 heavy (non-hydrogen) atoms. The number of piperidine rings is 1. The van der Waals surface area contributed by atoms with Crippen LogP contribution >= 0.6 is 0 Å². The van der Waals surface area contributed by atoms with Crippen LogP contribution in [0, 0.1) is 23.0 Å². The Morgan fingerprint density at radius 3 is 2.71 bits per heavy atom. The Kier molecular flexibility index (Phi) is 8.47. The average molecular weight is 568 g/mol. The van der Waals surface area contributed by atoms with Crippen LogP contribution in [0.3, 0.4) is 0 Å². The van der Waals surface area contributed by atoms with Gasteiger partial charge in [-0.3, -0.25) is 4.90 Å². The van der Waals surface area contributed by atoms with Crippen molar-refractivity contribution in [2.45, 2.75) is 82.6 Å². The summed E-state index contributed by atoms with van der Waals surface area (Å²) in [5, 5.41) is 16.5. The van der Waals surface area contributed by atoms with Crippen molar-refractivity contribution in [3.05, 3.63) is 47.4 Å². The average Bonchev–Trinajstić information content (AvgIpc) is 3.59. The highest BCUT2D eigenvalue weighted by molar-refractivity contribution is 5.46. The van der Waals surface area contributed by atoms with E-state index in [2.05, 4.69) is 43.4 Å². The third-order valence-electron chi connectivity index (χ3n) is 7.94. The fraction of sp³-hybridized carbons (Fsp3) is 0.552. The van der Waals surface area contributed by atoms with E-state index in [-0.39, 0.29) is 47.4 Å². The van der Waals surface area contributed by atoms with E-state index in [1.807, 2.05) is 6.92 Å². The van der Waals surface area contributed by atoms with Crippen LogP contribution in [0.1, 0.15) is 64.3 Å². The van der Waals surface area contributed by atoms with Crippen molar-refractivity contribution < 1.29 is 22.8 Å². The van der Waals surface area contributed by atoms with Crippen LogP contribution < -0.4 is 14.8 Å². The Bertz CT molecular complexity index is 1410. The first-order valence-electron chi connectivity index (χ1n) is 14.0. The molecule has 2 aliphatic rings. The summed E-state index contributed by atoms with van der Waals surface area (Å²) >= 11 is 0.